The summed E-state index contributed by atoms with van der Waals surface area (Å²) in [5.41, 5.74) is 1.07. The van der Waals surface area contributed by atoms with E-state index in [1.165, 1.54) is 18.0 Å². The van der Waals surface area contributed by atoms with Crippen molar-refractivity contribution >= 4 is 23.8 Å². The smallest absolute Gasteiger partial charge is 0.407 e. The number of hydrogen-bond acceptors (Lipinski definition) is 6. The quantitative estimate of drug-likeness (QED) is 0.688. The highest BCUT2D eigenvalue weighted by molar-refractivity contribution is 7.99. The molecule has 0 bridgehead atoms. The Morgan fingerprint density at radius 3 is 2.39 bits per heavy atom. The number of nitrogens with zero attached hydrogens (tertiary/aromatic N) is 1. The molecule has 0 aliphatic carbocycles. The Kier molecular flexibility index (Phi) is 7.87. The molecule has 0 fully saturated rings. The van der Waals surface area contributed by atoms with Crippen LogP contribution in [0, 0.1) is 0 Å². The predicted octanol–water partition coefficient (Wildman–Crippen LogP) is 4.48. The van der Waals surface area contributed by atoms with Gasteiger partial charge in [0.1, 0.15) is 10.6 Å². The summed E-state index contributed by atoms with van der Waals surface area (Å²) in [6.45, 7) is 8.13. The molecule has 0 saturated carbocycles. The highest BCUT2D eigenvalue weighted by Gasteiger charge is 2.15. The molecule has 150 valence electrons. The number of alkyl carbamates (subject to hydrolysis) is 1. The fourth-order valence-electron chi connectivity index (χ4n) is 2.24. The van der Waals surface area contributed by atoms with Crippen LogP contribution in [-0.2, 0) is 15.9 Å². The van der Waals surface area contributed by atoms with E-state index >= 15 is 0 Å². The topological polar surface area (TPSA) is 77.5 Å². The van der Waals surface area contributed by atoms with Crippen molar-refractivity contribution in [2.24, 2.45) is 0 Å². The second-order valence-electron chi connectivity index (χ2n) is 7.03. The Hall–Kier alpha value is -2.54. The monoisotopic (exact) mass is 402 g/mol. The molecule has 0 aliphatic heterocycles. The van der Waals surface area contributed by atoms with Crippen molar-refractivity contribution in [1.29, 1.82) is 0 Å². The first-order valence-corrected chi connectivity index (χ1v) is 9.95. The molecular formula is C21H26N2O4S. The van der Waals surface area contributed by atoms with Gasteiger partial charge in [-0.15, -0.1) is 0 Å². The van der Waals surface area contributed by atoms with Gasteiger partial charge in [-0.25, -0.2) is 14.6 Å². The van der Waals surface area contributed by atoms with Crippen molar-refractivity contribution in [2.75, 3.05) is 13.2 Å². The van der Waals surface area contributed by atoms with Gasteiger partial charge >= 0.3 is 12.1 Å². The zero-order valence-electron chi connectivity index (χ0n) is 16.7. The molecule has 7 heteroatoms. The Morgan fingerprint density at radius 2 is 1.82 bits per heavy atom. The number of carbonyl (C=O) groups is 2. The molecular weight excluding hydrogens is 376 g/mol. The first kappa shape index (κ1) is 21.8. The van der Waals surface area contributed by atoms with Crippen LogP contribution in [0.4, 0.5) is 4.79 Å². The van der Waals surface area contributed by atoms with Gasteiger partial charge in [-0.05, 0) is 63.9 Å². The number of benzene rings is 1. The van der Waals surface area contributed by atoms with Crippen molar-refractivity contribution < 1.29 is 19.1 Å². The third-order valence-corrected chi connectivity index (χ3v) is 4.43. The Morgan fingerprint density at radius 1 is 1.11 bits per heavy atom. The van der Waals surface area contributed by atoms with Gasteiger partial charge < -0.3 is 14.8 Å². The number of ether oxygens (including phenoxy) is 2. The fourth-order valence-corrected chi connectivity index (χ4v) is 3.00. The lowest BCUT2D eigenvalue weighted by atomic mass is 10.1. The van der Waals surface area contributed by atoms with Gasteiger partial charge in [0.15, 0.2) is 0 Å². The minimum Gasteiger partial charge on any atom is -0.462 e. The summed E-state index contributed by atoms with van der Waals surface area (Å²) in [6, 6.07) is 11.6. The Bertz CT molecular complexity index is 784. The molecule has 0 saturated heterocycles. The molecule has 28 heavy (non-hydrogen) atoms. The van der Waals surface area contributed by atoms with E-state index < -0.39 is 11.7 Å². The number of carbonyl (C=O) groups excluding carboxylic acids is 2. The number of rotatable bonds is 7. The molecule has 0 aliphatic rings. The molecule has 1 N–H and O–H groups in total. The van der Waals surface area contributed by atoms with E-state index in [1.54, 1.807) is 19.1 Å². The molecule has 1 aromatic heterocycles. The number of nitrogens with one attached hydrogen (secondary N) is 1. The van der Waals surface area contributed by atoms with E-state index in [2.05, 4.69) is 10.3 Å². The number of pyridine rings is 1. The standard InChI is InChI=1S/C21H26N2O4S/c1-5-26-19(24)16-8-11-18(23-14-16)28-17-9-6-15(7-10-17)12-13-22-20(25)27-21(2,3)4/h6-11,14H,5,12-13H2,1-4H3,(H,22,25). The first-order chi connectivity index (χ1) is 13.3. The van der Waals surface area contributed by atoms with E-state index in [1.807, 2.05) is 45.0 Å². The van der Waals surface area contributed by atoms with Gasteiger partial charge in [0.25, 0.3) is 0 Å². The molecule has 1 aromatic carbocycles. The fraction of sp³-hybridized carbons (Fsp3) is 0.381. The second kappa shape index (κ2) is 10.1. The van der Waals surface area contributed by atoms with Crippen molar-refractivity contribution in [3.63, 3.8) is 0 Å². The summed E-state index contributed by atoms with van der Waals surface area (Å²) < 4.78 is 10.2. The first-order valence-electron chi connectivity index (χ1n) is 9.13. The minimum atomic E-state index is -0.495. The summed E-state index contributed by atoms with van der Waals surface area (Å²) in [6.07, 6.45) is 1.84. The second-order valence-corrected chi connectivity index (χ2v) is 8.12. The van der Waals surface area contributed by atoms with E-state index in [4.69, 9.17) is 9.47 Å². The average Bonchev–Trinajstić information content (AvgIpc) is 2.62. The highest BCUT2D eigenvalue weighted by Crippen LogP contribution is 2.26. The molecule has 1 heterocycles. The van der Waals surface area contributed by atoms with Crippen molar-refractivity contribution in [3.8, 4) is 0 Å². The lowest BCUT2D eigenvalue weighted by Crippen LogP contribution is -2.33. The summed E-state index contributed by atoms with van der Waals surface area (Å²) in [5.74, 6) is -0.365. The van der Waals surface area contributed by atoms with E-state index in [0.29, 0.717) is 18.7 Å². The van der Waals surface area contributed by atoms with E-state index in [9.17, 15) is 9.59 Å². The largest absolute Gasteiger partial charge is 0.462 e. The molecule has 0 radical (unpaired) electrons. The Labute approximate surface area is 170 Å². The van der Waals surface area contributed by atoms with Crippen LogP contribution in [0.25, 0.3) is 0 Å². The molecule has 0 unspecified atom stereocenters. The molecule has 2 rings (SSSR count). The summed E-state index contributed by atoms with van der Waals surface area (Å²) in [4.78, 5) is 28.6. The number of aromatic nitrogens is 1. The predicted molar refractivity (Wildman–Crippen MR) is 109 cm³/mol. The van der Waals surface area contributed by atoms with Gasteiger partial charge in [-0.1, -0.05) is 23.9 Å². The van der Waals surface area contributed by atoms with E-state index in [0.717, 1.165) is 21.9 Å². The summed E-state index contributed by atoms with van der Waals surface area (Å²) in [5, 5.41) is 3.55. The third-order valence-electron chi connectivity index (χ3n) is 3.48. The van der Waals surface area contributed by atoms with Crippen LogP contribution in [0.15, 0.2) is 52.5 Å². The van der Waals surface area contributed by atoms with Crippen LogP contribution < -0.4 is 5.32 Å². The molecule has 0 spiro atoms. The van der Waals surface area contributed by atoms with Crippen molar-refractivity contribution in [1.82, 2.24) is 10.3 Å². The molecule has 1 amide bonds. The lowest BCUT2D eigenvalue weighted by Gasteiger charge is -2.19. The van der Waals surface area contributed by atoms with Gasteiger partial charge in [0.05, 0.1) is 12.2 Å². The van der Waals surface area contributed by atoms with Crippen LogP contribution in [-0.4, -0.2) is 35.8 Å². The normalized spacial score (nSPS) is 11.0. The molecule has 6 nitrogen and oxygen atoms in total. The van der Waals surface area contributed by atoms with Crippen LogP contribution in [0.5, 0.6) is 0 Å². The highest BCUT2D eigenvalue weighted by atomic mass is 32.2. The van der Waals surface area contributed by atoms with Gasteiger partial charge in [-0.2, -0.15) is 0 Å². The maximum Gasteiger partial charge on any atom is 0.407 e. The number of hydrogen-bond donors (Lipinski definition) is 1. The van der Waals surface area contributed by atoms with Gasteiger partial charge in [0.2, 0.25) is 0 Å². The van der Waals surface area contributed by atoms with Crippen molar-refractivity contribution in [2.45, 2.75) is 49.6 Å². The SMILES string of the molecule is CCOC(=O)c1ccc(Sc2ccc(CCNC(=O)OC(C)(C)C)cc2)nc1. The van der Waals surface area contributed by atoms with Crippen LogP contribution in [0.2, 0.25) is 0 Å². The maximum absolute atomic E-state index is 11.6. The van der Waals surface area contributed by atoms with Gasteiger partial charge in [-0.3, -0.25) is 0 Å². The maximum atomic E-state index is 11.6. The Balaban J connectivity index is 1.82. The van der Waals surface area contributed by atoms with E-state index in [-0.39, 0.29) is 5.97 Å². The van der Waals surface area contributed by atoms with Crippen LogP contribution in [0.3, 0.4) is 0 Å². The third kappa shape index (κ3) is 7.60. The summed E-state index contributed by atoms with van der Waals surface area (Å²) >= 11 is 1.51. The summed E-state index contributed by atoms with van der Waals surface area (Å²) in [7, 11) is 0. The average molecular weight is 403 g/mol. The van der Waals surface area contributed by atoms with Crippen LogP contribution >= 0.6 is 11.8 Å². The zero-order chi connectivity index (χ0) is 20.6. The number of esters is 1. The minimum absolute atomic E-state index is 0.342. The zero-order valence-corrected chi connectivity index (χ0v) is 17.5. The van der Waals surface area contributed by atoms with Crippen LogP contribution in [0.1, 0.15) is 43.6 Å². The van der Waals surface area contributed by atoms with Gasteiger partial charge in [0, 0.05) is 17.6 Å². The molecule has 2 aromatic rings. The number of amides is 1. The molecule has 0 atom stereocenters. The lowest BCUT2D eigenvalue weighted by molar-refractivity contribution is 0.0516. The van der Waals surface area contributed by atoms with Crippen molar-refractivity contribution in [3.05, 3.63) is 53.7 Å².